The van der Waals surface area contributed by atoms with E-state index in [-0.39, 0.29) is 12.5 Å². The van der Waals surface area contributed by atoms with Crippen LogP contribution in [0.1, 0.15) is 65.5 Å². The Morgan fingerprint density at radius 3 is 2.81 bits per heavy atom. The zero-order valence-electron chi connectivity index (χ0n) is 18.3. The van der Waals surface area contributed by atoms with Crippen LogP contribution in [0.25, 0.3) is 0 Å². The van der Waals surface area contributed by atoms with Crippen LogP contribution in [-0.4, -0.2) is 32.4 Å². The number of ether oxygens (including phenoxy) is 1. The topological polar surface area (TPSA) is 77.2 Å². The molecule has 6 heteroatoms. The fourth-order valence-corrected chi connectivity index (χ4v) is 4.84. The molecule has 1 aliphatic carbocycles. The molecule has 1 aliphatic heterocycles. The van der Waals surface area contributed by atoms with Gasteiger partial charge >= 0.3 is 5.97 Å². The molecule has 1 N–H and O–H groups in total. The van der Waals surface area contributed by atoms with Gasteiger partial charge in [-0.3, -0.25) is 14.5 Å². The molecular formula is C26H29N3O3. The number of aryl methyl sites for hydroxylation is 4. The van der Waals surface area contributed by atoms with E-state index in [2.05, 4.69) is 18.2 Å². The zero-order chi connectivity index (χ0) is 21.9. The third-order valence-corrected chi connectivity index (χ3v) is 6.55. The number of rotatable bonds is 8. The van der Waals surface area contributed by atoms with Crippen molar-refractivity contribution in [1.29, 1.82) is 0 Å². The van der Waals surface area contributed by atoms with E-state index in [1.807, 2.05) is 24.4 Å². The van der Waals surface area contributed by atoms with Gasteiger partial charge in [0.05, 0.1) is 24.8 Å². The average Bonchev–Trinajstić information content (AvgIpc) is 3.46. The Morgan fingerprint density at radius 1 is 1.03 bits per heavy atom. The predicted octanol–water partition coefficient (Wildman–Crippen LogP) is 4.33. The molecule has 1 aromatic carbocycles. The first-order chi connectivity index (χ1) is 15.7. The van der Waals surface area contributed by atoms with E-state index in [1.54, 1.807) is 4.68 Å². The van der Waals surface area contributed by atoms with Gasteiger partial charge in [0.15, 0.2) is 0 Å². The maximum absolute atomic E-state index is 11.6. The summed E-state index contributed by atoms with van der Waals surface area (Å²) in [5, 5.41) is 14.2. The highest BCUT2D eigenvalue weighted by Gasteiger charge is 2.22. The van der Waals surface area contributed by atoms with E-state index in [1.165, 1.54) is 24.1 Å². The van der Waals surface area contributed by atoms with Gasteiger partial charge in [-0.15, -0.1) is 0 Å². The van der Waals surface area contributed by atoms with Gasteiger partial charge in [0.1, 0.15) is 5.75 Å². The van der Waals surface area contributed by atoms with Gasteiger partial charge in [-0.1, -0.05) is 12.1 Å². The Hall–Kier alpha value is -3.15. The van der Waals surface area contributed by atoms with Crippen LogP contribution in [0.5, 0.6) is 5.75 Å². The number of carbonyl (C=O) groups is 1. The maximum Gasteiger partial charge on any atom is 0.305 e. The lowest BCUT2D eigenvalue weighted by Crippen LogP contribution is -2.16. The number of pyridine rings is 1. The largest absolute Gasteiger partial charge is 0.493 e. The van der Waals surface area contributed by atoms with E-state index in [0.717, 1.165) is 66.8 Å². The second-order valence-electron chi connectivity index (χ2n) is 8.84. The lowest BCUT2D eigenvalue weighted by Gasteiger charge is -2.17. The van der Waals surface area contributed by atoms with Gasteiger partial charge < -0.3 is 9.84 Å². The molecular weight excluding hydrogens is 402 g/mol. The molecule has 2 aromatic heterocycles. The smallest absolute Gasteiger partial charge is 0.305 e. The van der Waals surface area contributed by atoms with Crippen LogP contribution in [0.2, 0.25) is 0 Å². The fourth-order valence-electron chi connectivity index (χ4n) is 4.84. The van der Waals surface area contributed by atoms with Crippen LogP contribution in [0, 0.1) is 0 Å². The first-order valence-corrected chi connectivity index (χ1v) is 11.6. The van der Waals surface area contributed by atoms with Crippen molar-refractivity contribution >= 4 is 5.97 Å². The lowest BCUT2D eigenvalue weighted by atomic mass is 9.95. The highest BCUT2D eigenvalue weighted by atomic mass is 16.5. The summed E-state index contributed by atoms with van der Waals surface area (Å²) in [5.74, 6) is 0.0713. The molecule has 32 heavy (non-hydrogen) atoms. The summed E-state index contributed by atoms with van der Waals surface area (Å²) in [6.07, 6.45) is 10.3. The highest BCUT2D eigenvalue weighted by Crippen LogP contribution is 2.31. The minimum absolute atomic E-state index is 0.000189. The van der Waals surface area contributed by atoms with Crippen molar-refractivity contribution < 1.29 is 14.6 Å². The van der Waals surface area contributed by atoms with Crippen molar-refractivity contribution in [2.45, 2.75) is 63.8 Å². The van der Waals surface area contributed by atoms with Crippen molar-refractivity contribution in [3.8, 4) is 5.75 Å². The first kappa shape index (κ1) is 20.7. The van der Waals surface area contributed by atoms with Gasteiger partial charge in [0.2, 0.25) is 0 Å². The molecule has 0 amide bonds. The molecule has 2 aliphatic rings. The molecule has 1 unspecified atom stereocenters. The average molecular weight is 432 g/mol. The van der Waals surface area contributed by atoms with Gasteiger partial charge in [-0.2, -0.15) is 5.10 Å². The SMILES string of the molecule is O=C(O)CC(c1ccc2c(c1)CCO2)n1ccc(CCCc2ccc3c(n2)CCCC3)n1. The maximum atomic E-state index is 11.6. The molecule has 3 heterocycles. The molecule has 5 rings (SSSR count). The molecule has 0 radical (unpaired) electrons. The van der Waals surface area contributed by atoms with E-state index in [0.29, 0.717) is 6.61 Å². The molecule has 0 bridgehead atoms. The molecule has 0 saturated carbocycles. The van der Waals surface area contributed by atoms with Crippen LogP contribution >= 0.6 is 0 Å². The van der Waals surface area contributed by atoms with Crippen molar-refractivity contribution in [2.24, 2.45) is 0 Å². The monoisotopic (exact) mass is 431 g/mol. The first-order valence-electron chi connectivity index (χ1n) is 11.6. The van der Waals surface area contributed by atoms with Crippen LogP contribution in [0.3, 0.4) is 0 Å². The number of hydrogen-bond donors (Lipinski definition) is 1. The molecule has 166 valence electrons. The predicted molar refractivity (Wildman–Crippen MR) is 121 cm³/mol. The quantitative estimate of drug-likeness (QED) is 0.574. The van der Waals surface area contributed by atoms with Crippen LogP contribution in [-0.2, 0) is 36.9 Å². The standard InChI is InChI=1S/C26H29N3O3/c30-26(31)17-24(19-9-11-25-20(16-19)13-15-32-25)29-14-12-22(28-29)6-3-5-21-10-8-18-4-1-2-7-23(18)27-21/h8-12,14,16,24H,1-7,13,15,17H2,(H,30,31). The number of aliphatic carboxylic acids is 1. The summed E-state index contributed by atoms with van der Waals surface area (Å²) in [5.41, 5.74) is 6.96. The minimum atomic E-state index is -0.831. The third kappa shape index (κ3) is 4.54. The zero-order valence-corrected chi connectivity index (χ0v) is 18.3. The summed E-state index contributed by atoms with van der Waals surface area (Å²) in [6.45, 7) is 0.688. The summed E-state index contributed by atoms with van der Waals surface area (Å²) in [4.78, 5) is 16.4. The van der Waals surface area contributed by atoms with Crippen molar-refractivity contribution in [2.75, 3.05) is 6.61 Å². The fraction of sp³-hybridized carbons (Fsp3) is 0.423. The third-order valence-electron chi connectivity index (χ3n) is 6.55. The Balaban J connectivity index is 1.25. The Morgan fingerprint density at radius 2 is 1.91 bits per heavy atom. The van der Waals surface area contributed by atoms with Crippen LogP contribution in [0.4, 0.5) is 0 Å². The van der Waals surface area contributed by atoms with E-state index >= 15 is 0 Å². The van der Waals surface area contributed by atoms with Crippen molar-refractivity contribution in [3.05, 3.63) is 76.4 Å². The van der Waals surface area contributed by atoms with E-state index < -0.39 is 5.97 Å². The molecule has 0 saturated heterocycles. The molecule has 0 spiro atoms. The van der Waals surface area contributed by atoms with Gasteiger partial charge in [-0.05, 0) is 85.9 Å². The van der Waals surface area contributed by atoms with E-state index in [9.17, 15) is 9.90 Å². The summed E-state index contributed by atoms with van der Waals surface area (Å²) < 4.78 is 7.40. The second kappa shape index (κ2) is 9.15. The van der Waals surface area contributed by atoms with Crippen LogP contribution in [0.15, 0.2) is 42.6 Å². The van der Waals surface area contributed by atoms with E-state index in [4.69, 9.17) is 14.8 Å². The Bertz CT molecular complexity index is 1120. The molecule has 1 atom stereocenters. The van der Waals surface area contributed by atoms with Crippen LogP contribution < -0.4 is 4.74 Å². The Labute approximate surface area is 188 Å². The van der Waals surface area contributed by atoms with Gasteiger partial charge in [0.25, 0.3) is 0 Å². The summed E-state index contributed by atoms with van der Waals surface area (Å²) in [7, 11) is 0. The normalized spacial score (nSPS) is 15.6. The summed E-state index contributed by atoms with van der Waals surface area (Å²) in [6, 6.07) is 12.1. The molecule has 3 aromatic rings. The van der Waals surface area contributed by atoms with Gasteiger partial charge in [0, 0.05) is 24.0 Å². The number of carboxylic acid groups (broad SMARTS) is 1. The molecule has 0 fully saturated rings. The molecule has 6 nitrogen and oxygen atoms in total. The lowest BCUT2D eigenvalue weighted by molar-refractivity contribution is -0.137. The van der Waals surface area contributed by atoms with Gasteiger partial charge in [-0.25, -0.2) is 0 Å². The number of hydrogen-bond acceptors (Lipinski definition) is 4. The number of carboxylic acids is 1. The Kier molecular flexibility index (Phi) is 5.93. The minimum Gasteiger partial charge on any atom is -0.493 e. The number of nitrogens with zero attached hydrogens (tertiary/aromatic N) is 3. The second-order valence-corrected chi connectivity index (χ2v) is 8.84. The van der Waals surface area contributed by atoms with Crippen molar-refractivity contribution in [1.82, 2.24) is 14.8 Å². The number of aromatic nitrogens is 3. The highest BCUT2D eigenvalue weighted by molar-refractivity contribution is 5.68. The van der Waals surface area contributed by atoms with Crippen molar-refractivity contribution in [3.63, 3.8) is 0 Å². The number of fused-ring (bicyclic) bond motifs is 2. The number of benzene rings is 1. The summed E-state index contributed by atoms with van der Waals surface area (Å²) >= 11 is 0.